The van der Waals surface area contributed by atoms with Crippen LogP contribution in [0.15, 0.2) is 0 Å². The Kier molecular flexibility index (Phi) is 32.2. The second-order valence-electron chi connectivity index (χ2n) is 11.7. The number of esters is 1. The topological polar surface area (TPSA) is 83.8 Å². The van der Waals surface area contributed by atoms with Crippen molar-refractivity contribution in [2.45, 2.75) is 193 Å². The van der Waals surface area contributed by atoms with Crippen molar-refractivity contribution >= 4 is 11.9 Å². The van der Waals surface area contributed by atoms with Crippen molar-refractivity contribution in [1.29, 1.82) is 0 Å². The van der Waals surface area contributed by atoms with Crippen molar-refractivity contribution in [2.75, 3.05) is 13.2 Å². The van der Waals surface area contributed by atoms with E-state index in [1.54, 1.807) is 0 Å². The number of hydrogen-bond acceptors (Lipinski definition) is 4. The number of carboxylic acid groups (broad SMARTS) is 1. The molecule has 232 valence electrons. The molecule has 0 aromatic rings. The number of aliphatic carboxylic acids is 1. The molecule has 0 aromatic carbocycles. The van der Waals surface area contributed by atoms with E-state index in [0.717, 1.165) is 44.9 Å². The lowest BCUT2D eigenvalue weighted by Crippen LogP contribution is -2.05. The van der Waals surface area contributed by atoms with Crippen molar-refractivity contribution in [2.24, 2.45) is 0 Å². The molecule has 0 spiro atoms. The van der Waals surface area contributed by atoms with Gasteiger partial charge in [0.15, 0.2) is 0 Å². The Labute approximate surface area is 242 Å². The molecular formula is C34H66O5. The summed E-state index contributed by atoms with van der Waals surface area (Å²) in [4.78, 5) is 22.4. The van der Waals surface area contributed by atoms with Crippen LogP contribution in [0.5, 0.6) is 0 Å². The van der Waals surface area contributed by atoms with Gasteiger partial charge in [0, 0.05) is 19.4 Å². The van der Waals surface area contributed by atoms with Crippen molar-refractivity contribution in [3.63, 3.8) is 0 Å². The fraction of sp³-hybridized carbons (Fsp3) is 0.941. The number of hydrogen-bond donors (Lipinski definition) is 2. The number of carboxylic acids is 1. The van der Waals surface area contributed by atoms with E-state index in [4.69, 9.17) is 14.9 Å². The van der Waals surface area contributed by atoms with E-state index in [1.807, 2.05) is 0 Å². The van der Waals surface area contributed by atoms with E-state index < -0.39 is 5.97 Å². The third-order valence-corrected chi connectivity index (χ3v) is 7.84. The molecule has 0 aliphatic carbocycles. The zero-order valence-corrected chi connectivity index (χ0v) is 25.7. The van der Waals surface area contributed by atoms with Crippen molar-refractivity contribution < 1.29 is 24.5 Å². The maximum atomic E-state index is 11.9. The number of rotatable bonds is 33. The average Bonchev–Trinajstić information content (AvgIpc) is 2.92. The second kappa shape index (κ2) is 33.1. The number of unbranched alkanes of at least 4 members (excludes halogenated alkanes) is 26. The zero-order valence-electron chi connectivity index (χ0n) is 25.7. The molecule has 5 heteroatoms. The molecule has 0 rings (SSSR count). The molecule has 0 bridgehead atoms. The first-order chi connectivity index (χ1) is 19.2. The Morgan fingerprint density at radius 2 is 0.667 bits per heavy atom. The summed E-state index contributed by atoms with van der Waals surface area (Å²) in [6.45, 7) is 0.938. The van der Waals surface area contributed by atoms with E-state index in [9.17, 15) is 9.59 Å². The maximum absolute atomic E-state index is 11.9. The molecule has 0 unspecified atom stereocenters. The molecule has 0 atom stereocenters. The molecule has 0 aliphatic rings. The van der Waals surface area contributed by atoms with Crippen LogP contribution in [-0.2, 0) is 14.3 Å². The Morgan fingerprint density at radius 1 is 0.385 bits per heavy atom. The van der Waals surface area contributed by atoms with Crippen molar-refractivity contribution in [3.8, 4) is 0 Å². The number of ether oxygens (including phenoxy) is 1. The van der Waals surface area contributed by atoms with Gasteiger partial charge in [-0.15, -0.1) is 0 Å². The van der Waals surface area contributed by atoms with Crippen LogP contribution in [0.2, 0.25) is 0 Å². The van der Waals surface area contributed by atoms with Crippen molar-refractivity contribution in [1.82, 2.24) is 0 Å². The van der Waals surface area contributed by atoms with Crippen LogP contribution >= 0.6 is 0 Å². The lowest BCUT2D eigenvalue weighted by molar-refractivity contribution is -0.144. The summed E-state index contributed by atoms with van der Waals surface area (Å²) in [6.07, 6.45) is 35.4. The maximum Gasteiger partial charge on any atom is 0.305 e. The lowest BCUT2D eigenvalue weighted by atomic mass is 10.0. The third-order valence-electron chi connectivity index (χ3n) is 7.84. The van der Waals surface area contributed by atoms with Gasteiger partial charge < -0.3 is 14.9 Å². The predicted molar refractivity (Wildman–Crippen MR) is 164 cm³/mol. The van der Waals surface area contributed by atoms with Gasteiger partial charge in [0.25, 0.3) is 0 Å². The van der Waals surface area contributed by atoms with Gasteiger partial charge in [-0.3, -0.25) is 9.59 Å². The van der Waals surface area contributed by atoms with Gasteiger partial charge >= 0.3 is 11.9 Å². The Morgan fingerprint density at radius 3 is 1.00 bits per heavy atom. The van der Waals surface area contributed by atoms with E-state index in [-0.39, 0.29) is 5.97 Å². The number of aliphatic hydroxyl groups is 1. The fourth-order valence-corrected chi connectivity index (χ4v) is 5.26. The average molecular weight is 555 g/mol. The molecule has 0 fully saturated rings. The van der Waals surface area contributed by atoms with Crippen LogP contribution in [-0.4, -0.2) is 35.4 Å². The molecule has 0 heterocycles. The first kappa shape index (κ1) is 37.9. The van der Waals surface area contributed by atoms with Gasteiger partial charge in [-0.25, -0.2) is 0 Å². The molecule has 0 saturated carbocycles. The number of carbonyl (C=O) groups excluding carboxylic acids is 1. The molecule has 0 saturated heterocycles. The summed E-state index contributed by atoms with van der Waals surface area (Å²) in [5.74, 6) is -0.682. The van der Waals surface area contributed by atoms with E-state index in [1.165, 1.54) is 135 Å². The quantitative estimate of drug-likeness (QED) is 0.0622. The highest BCUT2D eigenvalue weighted by Gasteiger charge is 2.03. The summed E-state index contributed by atoms with van der Waals surface area (Å²) in [5, 5.41) is 17.4. The van der Waals surface area contributed by atoms with Gasteiger partial charge in [0.1, 0.15) is 0 Å². The van der Waals surface area contributed by atoms with Crippen LogP contribution < -0.4 is 0 Å². The lowest BCUT2D eigenvalue weighted by Gasteiger charge is -2.06. The minimum atomic E-state index is -0.673. The summed E-state index contributed by atoms with van der Waals surface area (Å²) >= 11 is 0. The minimum absolute atomic E-state index is 0.00900. The molecule has 0 radical (unpaired) electrons. The van der Waals surface area contributed by atoms with Gasteiger partial charge in [-0.2, -0.15) is 0 Å². The highest BCUT2D eigenvalue weighted by atomic mass is 16.5. The molecule has 5 nitrogen and oxygen atoms in total. The van der Waals surface area contributed by atoms with E-state index >= 15 is 0 Å². The number of carbonyl (C=O) groups is 2. The minimum Gasteiger partial charge on any atom is -0.481 e. The highest BCUT2D eigenvalue weighted by Crippen LogP contribution is 2.15. The molecule has 39 heavy (non-hydrogen) atoms. The molecular weight excluding hydrogens is 488 g/mol. The van der Waals surface area contributed by atoms with Gasteiger partial charge in [0.05, 0.1) is 6.61 Å². The van der Waals surface area contributed by atoms with Crippen molar-refractivity contribution in [3.05, 3.63) is 0 Å². The first-order valence-corrected chi connectivity index (χ1v) is 17.1. The van der Waals surface area contributed by atoms with Gasteiger partial charge in [0.2, 0.25) is 0 Å². The van der Waals surface area contributed by atoms with Crippen LogP contribution in [0, 0.1) is 0 Å². The van der Waals surface area contributed by atoms with Crippen LogP contribution in [0.3, 0.4) is 0 Å². The van der Waals surface area contributed by atoms with E-state index in [2.05, 4.69) is 0 Å². The normalized spacial score (nSPS) is 11.2. The van der Waals surface area contributed by atoms with Crippen LogP contribution in [0.1, 0.15) is 193 Å². The first-order valence-electron chi connectivity index (χ1n) is 17.1. The summed E-state index contributed by atoms with van der Waals surface area (Å²) in [7, 11) is 0. The third kappa shape index (κ3) is 34.9. The van der Waals surface area contributed by atoms with Crippen LogP contribution in [0.4, 0.5) is 0 Å². The molecule has 0 aromatic heterocycles. The predicted octanol–water partition coefficient (Wildman–Crippen LogP) is 10.3. The molecule has 2 N–H and O–H groups in total. The standard InChI is InChI=1S/C34H66O5/c35-31-27-23-19-15-11-7-3-1-2-6-10-14-18-22-26-30-34(38)39-32-28-24-20-16-12-8-4-5-9-13-17-21-25-29-33(36)37/h35H,1-32H2,(H,36,37). The summed E-state index contributed by atoms with van der Waals surface area (Å²) < 4.78 is 5.41. The monoisotopic (exact) mass is 554 g/mol. The van der Waals surface area contributed by atoms with Crippen LogP contribution in [0.25, 0.3) is 0 Å². The highest BCUT2D eigenvalue weighted by molar-refractivity contribution is 5.69. The zero-order chi connectivity index (χ0) is 28.5. The Hall–Kier alpha value is -1.10. The van der Waals surface area contributed by atoms with E-state index in [0.29, 0.717) is 26.1 Å². The molecule has 0 amide bonds. The number of aliphatic hydroxyl groups excluding tert-OH is 1. The molecule has 0 aliphatic heterocycles. The Balaban J connectivity index is 3.15. The second-order valence-corrected chi connectivity index (χ2v) is 11.7. The fourth-order valence-electron chi connectivity index (χ4n) is 5.26. The summed E-state index contributed by atoms with van der Waals surface area (Å²) in [5.41, 5.74) is 0. The van der Waals surface area contributed by atoms with Gasteiger partial charge in [-0.05, 0) is 25.7 Å². The largest absolute Gasteiger partial charge is 0.481 e. The Bertz CT molecular complexity index is 508. The summed E-state index contributed by atoms with van der Waals surface area (Å²) in [6, 6.07) is 0. The SMILES string of the molecule is O=C(O)CCCCCCCCCCCCCCCOC(=O)CCCCCCCCCCCCCCCCCO. The smallest absolute Gasteiger partial charge is 0.305 e. The van der Waals surface area contributed by atoms with Gasteiger partial charge in [-0.1, -0.05) is 154 Å².